The standard InChI is InChI=1S/C18H18FN3O4/c1-18(2,3)13-7-4-11(5-8-13)16(23)20-21-17(24)12-6-9-14(19)15(10-12)22(25)26/h4-10H,1-3H3,(H,20,23)(H,21,24). The smallest absolute Gasteiger partial charge is 0.267 e. The summed E-state index contributed by atoms with van der Waals surface area (Å²) in [5, 5.41) is 10.7. The highest BCUT2D eigenvalue weighted by molar-refractivity contribution is 5.99. The predicted molar refractivity (Wildman–Crippen MR) is 93.1 cm³/mol. The van der Waals surface area contributed by atoms with Gasteiger partial charge in [-0.2, -0.15) is 4.39 Å². The maximum Gasteiger partial charge on any atom is 0.305 e. The van der Waals surface area contributed by atoms with Crippen molar-refractivity contribution in [3.8, 4) is 0 Å². The van der Waals surface area contributed by atoms with Crippen LogP contribution in [0.1, 0.15) is 47.1 Å². The van der Waals surface area contributed by atoms with Crippen molar-refractivity contribution >= 4 is 17.5 Å². The largest absolute Gasteiger partial charge is 0.305 e. The van der Waals surface area contributed by atoms with Crippen LogP contribution in [0.3, 0.4) is 0 Å². The average Bonchev–Trinajstić information content (AvgIpc) is 2.58. The molecular weight excluding hydrogens is 341 g/mol. The van der Waals surface area contributed by atoms with Crippen LogP contribution in [0.5, 0.6) is 0 Å². The molecular formula is C18H18FN3O4. The number of halogens is 1. The van der Waals surface area contributed by atoms with E-state index in [-0.39, 0.29) is 11.0 Å². The number of carbonyl (C=O) groups excluding carboxylic acids is 2. The highest BCUT2D eigenvalue weighted by Gasteiger charge is 2.18. The minimum absolute atomic E-state index is 0.0550. The number of nitro benzene ring substituents is 1. The van der Waals surface area contributed by atoms with Crippen LogP contribution in [0.2, 0.25) is 0 Å². The molecule has 0 bridgehead atoms. The molecule has 0 spiro atoms. The molecule has 0 saturated carbocycles. The Bertz CT molecular complexity index is 858. The molecule has 2 amide bonds. The molecule has 0 aliphatic heterocycles. The summed E-state index contributed by atoms with van der Waals surface area (Å²) in [6.07, 6.45) is 0. The van der Waals surface area contributed by atoms with Gasteiger partial charge in [-0.25, -0.2) is 0 Å². The van der Waals surface area contributed by atoms with Gasteiger partial charge in [0, 0.05) is 17.2 Å². The van der Waals surface area contributed by atoms with Crippen molar-refractivity contribution < 1.29 is 18.9 Å². The van der Waals surface area contributed by atoms with Crippen molar-refractivity contribution in [3.63, 3.8) is 0 Å². The lowest BCUT2D eigenvalue weighted by atomic mass is 9.87. The Kier molecular flexibility index (Phi) is 5.35. The lowest BCUT2D eigenvalue weighted by Crippen LogP contribution is -2.41. The van der Waals surface area contributed by atoms with Gasteiger partial charge in [-0.15, -0.1) is 0 Å². The highest BCUT2D eigenvalue weighted by atomic mass is 19.1. The first kappa shape index (κ1) is 19.0. The molecule has 0 radical (unpaired) electrons. The van der Waals surface area contributed by atoms with E-state index in [1.807, 2.05) is 32.9 Å². The van der Waals surface area contributed by atoms with E-state index in [0.717, 1.165) is 23.8 Å². The fourth-order valence-electron chi connectivity index (χ4n) is 2.17. The Balaban J connectivity index is 2.04. The average molecular weight is 359 g/mol. The summed E-state index contributed by atoms with van der Waals surface area (Å²) in [5.41, 5.74) is 4.73. The topological polar surface area (TPSA) is 101 Å². The maximum absolute atomic E-state index is 13.3. The minimum atomic E-state index is -1.05. The molecule has 7 nitrogen and oxygen atoms in total. The zero-order valence-corrected chi connectivity index (χ0v) is 14.5. The Hall–Kier alpha value is -3.29. The number of hydrogen-bond acceptors (Lipinski definition) is 4. The summed E-state index contributed by atoms with van der Waals surface area (Å²) in [7, 11) is 0. The van der Waals surface area contributed by atoms with Crippen molar-refractivity contribution in [3.05, 3.63) is 75.1 Å². The molecule has 0 unspecified atom stereocenters. The number of nitrogens with zero attached hydrogens (tertiary/aromatic N) is 1. The van der Waals surface area contributed by atoms with E-state index in [1.165, 1.54) is 0 Å². The van der Waals surface area contributed by atoms with E-state index >= 15 is 0 Å². The van der Waals surface area contributed by atoms with Gasteiger partial charge in [0.25, 0.3) is 11.8 Å². The maximum atomic E-state index is 13.3. The quantitative estimate of drug-likeness (QED) is 0.649. The highest BCUT2D eigenvalue weighted by Crippen LogP contribution is 2.22. The SMILES string of the molecule is CC(C)(C)c1ccc(C(=O)NNC(=O)c2ccc(F)c([N+](=O)[O-])c2)cc1. The van der Waals surface area contributed by atoms with Crippen molar-refractivity contribution in [2.45, 2.75) is 26.2 Å². The van der Waals surface area contributed by atoms with Gasteiger partial charge >= 0.3 is 5.69 Å². The summed E-state index contributed by atoms with van der Waals surface area (Å²) in [6, 6.07) is 9.60. The Morgan fingerprint density at radius 2 is 1.46 bits per heavy atom. The van der Waals surface area contributed by atoms with Gasteiger partial charge in [-0.3, -0.25) is 30.6 Å². The molecule has 136 valence electrons. The van der Waals surface area contributed by atoms with Gasteiger partial charge in [-0.05, 0) is 35.2 Å². The summed E-state index contributed by atoms with van der Waals surface area (Å²) in [5.74, 6) is -2.39. The van der Waals surface area contributed by atoms with Crippen molar-refractivity contribution in [2.24, 2.45) is 0 Å². The first-order chi connectivity index (χ1) is 12.1. The van der Waals surface area contributed by atoms with Crippen LogP contribution in [0.15, 0.2) is 42.5 Å². The molecule has 0 atom stereocenters. The van der Waals surface area contributed by atoms with E-state index in [9.17, 15) is 24.1 Å². The zero-order valence-electron chi connectivity index (χ0n) is 14.5. The zero-order chi connectivity index (χ0) is 19.5. The summed E-state index contributed by atoms with van der Waals surface area (Å²) in [6.45, 7) is 6.14. The van der Waals surface area contributed by atoms with E-state index in [0.29, 0.717) is 5.56 Å². The number of hydrazine groups is 1. The van der Waals surface area contributed by atoms with Gasteiger partial charge in [-0.1, -0.05) is 32.9 Å². The molecule has 0 heterocycles. The van der Waals surface area contributed by atoms with Crippen LogP contribution in [-0.4, -0.2) is 16.7 Å². The Morgan fingerprint density at radius 3 is 1.96 bits per heavy atom. The van der Waals surface area contributed by atoms with Crippen LogP contribution in [-0.2, 0) is 5.41 Å². The third kappa shape index (κ3) is 4.41. The molecule has 8 heteroatoms. The van der Waals surface area contributed by atoms with Crippen LogP contribution < -0.4 is 10.9 Å². The van der Waals surface area contributed by atoms with E-state index in [2.05, 4.69) is 10.9 Å². The number of amides is 2. The molecule has 0 aliphatic carbocycles. The minimum Gasteiger partial charge on any atom is -0.267 e. The third-order valence-corrected chi connectivity index (χ3v) is 3.71. The molecule has 0 aromatic heterocycles. The van der Waals surface area contributed by atoms with E-state index in [4.69, 9.17) is 0 Å². The van der Waals surface area contributed by atoms with Crippen LogP contribution in [0.4, 0.5) is 10.1 Å². The predicted octanol–water partition coefficient (Wildman–Crippen LogP) is 3.11. The lowest BCUT2D eigenvalue weighted by molar-refractivity contribution is -0.387. The van der Waals surface area contributed by atoms with E-state index < -0.39 is 28.2 Å². The van der Waals surface area contributed by atoms with Crippen LogP contribution in [0, 0.1) is 15.9 Å². The Labute approximate surface area is 149 Å². The van der Waals surface area contributed by atoms with Crippen molar-refractivity contribution in [1.82, 2.24) is 10.9 Å². The molecule has 2 rings (SSSR count). The van der Waals surface area contributed by atoms with Gasteiger partial charge < -0.3 is 0 Å². The molecule has 26 heavy (non-hydrogen) atoms. The first-order valence-electron chi connectivity index (χ1n) is 7.75. The number of carbonyl (C=O) groups is 2. The number of rotatable bonds is 3. The fraction of sp³-hybridized carbons (Fsp3) is 0.222. The number of nitro groups is 1. The van der Waals surface area contributed by atoms with Crippen LogP contribution >= 0.6 is 0 Å². The lowest BCUT2D eigenvalue weighted by Gasteiger charge is -2.19. The van der Waals surface area contributed by atoms with Crippen LogP contribution in [0.25, 0.3) is 0 Å². The number of benzene rings is 2. The molecule has 2 aromatic rings. The van der Waals surface area contributed by atoms with Crippen molar-refractivity contribution in [1.29, 1.82) is 0 Å². The fourth-order valence-corrected chi connectivity index (χ4v) is 2.17. The second kappa shape index (κ2) is 7.30. The molecule has 0 aliphatic rings. The van der Waals surface area contributed by atoms with E-state index in [1.54, 1.807) is 12.1 Å². The van der Waals surface area contributed by atoms with Gasteiger partial charge in [0.05, 0.1) is 4.92 Å². The van der Waals surface area contributed by atoms with Gasteiger partial charge in [0.2, 0.25) is 5.82 Å². The second-order valence-electron chi connectivity index (χ2n) is 6.66. The van der Waals surface area contributed by atoms with Gasteiger partial charge in [0.15, 0.2) is 0 Å². The molecule has 0 saturated heterocycles. The summed E-state index contributed by atoms with van der Waals surface area (Å²) >= 11 is 0. The number of nitrogens with one attached hydrogen (secondary N) is 2. The normalized spacial score (nSPS) is 10.9. The molecule has 2 N–H and O–H groups in total. The monoisotopic (exact) mass is 359 g/mol. The summed E-state index contributed by atoms with van der Waals surface area (Å²) in [4.78, 5) is 33.8. The molecule has 2 aromatic carbocycles. The second-order valence-corrected chi connectivity index (χ2v) is 6.66. The third-order valence-electron chi connectivity index (χ3n) is 3.71. The number of hydrogen-bond donors (Lipinski definition) is 2. The van der Waals surface area contributed by atoms with Crippen molar-refractivity contribution in [2.75, 3.05) is 0 Å². The summed E-state index contributed by atoms with van der Waals surface area (Å²) < 4.78 is 13.3. The Morgan fingerprint density at radius 1 is 0.962 bits per heavy atom. The molecule has 0 fully saturated rings. The van der Waals surface area contributed by atoms with Gasteiger partial charge in [0.1, 0.15) is 0 Å². The first-order valence-corrected chi connectivity index (χ1v) is 7.75.